The molecule has 0 aromatic heterocycles. The average Bonchev–Trinajstić information content (AvgIpc) is 2.90. The minimum Gasteiger partial charge on any atom is -0.494 e. The molecule has 118 valence electrons. The highest BCUT2D eigenvalue weighted by Gasteiger charge is 2.17. The second-order valence-electron chi connectivity index (χ2n) is 5.57. The predicted octanol–water partition coefficient (Wildman–Crippen LogP) is 3.37. The summed E-state index contributed by atoms with van der Waals surface area (Å²) in [5.74, 6) is 0.121. The Labute approximate surface area is 127 Å². The Morgan fingerprint density at radius 3 is 2.71 bits per heavy atom. The third-order valence-electron chi connectivity index (χ3n) is 3.74. The number of hydrogen-bond donors (Lipinski definition) is 1. The number of ether oxygens (including phenoxy) is 1. The maximum absolute atomic E-state index is 10.7. The molecule has 0 amide bonds. The maximum Gasteiger partial charge on any atom is 0.317 e. The number of hydrogen-bond acceptors (Lipinski definition) is 3. The molecule has 4 heteroatoms. The highest BCUT2D eigenvalue weighted by Crippen LogP contribution is 2.24. The molecule has 0 aliphatic heterocycles. The lowest BCUT2D eigenvalue weighted by Crippen LogP contribution is -2.32. The standard InChI is InChI=1S/C17H27NO3/c1-4-8-15(21-16-10-5-6-11-16)12-7-9-14(2)18(3)13-17(19)20/h4,7-9,14,16H,1,5-6,10-13H2,2-3H3,(H,19,20)/b9-7-,15-8+. The van der Waals surface area contributed by atoms with E-state index in [0.717, 1.165) is 18.6 Å². The lowest BCUT2D eigenvalue weighted by atomic mass is 10.2. The van der Waals surface area contributed by atoms with Crippen molar-refractivity contribution in [3.8, 4) is 0 Å². The third kappa shape index (κ3) is 7.14. The van der Waals surface area contributed by atoms with Crippen LogP contribution in [0.15, 0.2) is 36.6 Å². The van der Waals surface area contributed by atoms with Gasteiger partial charge in [-0.05, 0) is 45.7 Å². The summed E-state index contributed by atoms with van der Waals surface area (Å²) < 4.78 is 5.99. The van der Waals surface area contributed by atoms with Crippen molar-refractivity contribution < 1.29 is 14.6 Å². The van der Waals surface area contributed by atoms with Gasteiger partial charge in [-0.2, -0.15) is 0 Å². The highest BCUT2D eigenvalue weighted by molar-refractivity contribution is 5.69. The molecule has 1 atom stereocenters. The van der Waals surface area contributed by atoms with Crippen molar-refractivity contribution in [1.29, 1.82) is 0 Å². The van der Waals surface area contributed by atoms with Crippen LogP contribution in [-0.4, -0.2) is 41.7 Å². The first-order valence-electron chi connectivity index (χ1n) is 7.60. The normalized spacial score (nSPS) is 18.3. The Bertz CT molecular complexity index is 395. The van der Waals surface area contributed by atoms with E-state index in [0.29, 0.717) is 12.5 Å². The van der Waals surface area contributed by atoms with Gasteiger partial charge in [0.25, 0.3) is 0 Å². The Hall–Kier alpha value is -1.55. The van der Waals surface area contributed by atoms with Gasteiger partial charge in [0.1, 0.15) is 5.76 Å². The van der Waals surface area contributed by atoms with Gasteiger partial charge in [0.15, 0.2) is 0 Å². The fourth-order valence-corrected chi connectivity index (χ4v) is 2.39. The number of allylic oxidation sites excluding steroid dienone is 3. The van der Waals surface area contributed by atoms with E-state index in [-0.39, 0.29) is 12.6 Å². The zero-order valence-electron chi connectivity index (χ0n) is 13.1. The van der Waals surface area contributed by atoms with Crippen LogP contribution in [0.4, 0.5) is 0 Å². The zero-order valence-corrected chi connectivity index (χ0v) is 13.1. The van der Waals surface area contributed by atoms with Crippen molar-refractivity contribution in [2.75, 3.05) is 13.6 Å². The summed E-state index contributed by atoms with van der Waals surface area (Å²) in [5.41, 5.74) is 0. The predicted molar refractivity (Wildman–Crippen MR) is 85.1 cm³/mol. The average molecular weight is 293 g/mol. The third-order valence-corrected chi connectivity index (χ3v) is 3.74. The molecule has 21 heavy (non-hydrogen) atoms. The zero-order chi connectivity index (χ0) is 15.7. The van der Waals surface area contributed by atoms with E-state index in [9.17, 15) is 4.79 Å². The lowest BCUT2D eigenvalue weighted by Gasteiger charge is -2.19. The smallest absolute Gasteiger partial charge is 0.317 e. The molecule has 1 aliphatic rings. The number of likely N-dealkylation sites (N-methyl/N-ethyl adjacent to an activating group) is 1. The Morgan fingerprint density at radius 2 is 2.14 bits per heavy atom. The van der Waals surface area contributed by atoms with Gasteiger partial charge in [-0.25, -0.2) is 0 Å². The van der Waals surface area contributed by atoms with Crippen LogP contribution < -0.4 is 0 Å². The Balaban J connectivity index is 2.44. The van der Waals surface area contributed by atoms with E-state index >= 15 is 0 Å². The van der Waals surface area contributed by atoms with Crippen molar-refractivity contribution >= 4 is 5.97 Å². The fourth-order valence-electron chi connectivity index (χ4n) is 2.39. The Kier molecular flexibility index (Phi) is 7.83. The van der Waals surface area contributed by atoms with Crippen LogP contribution in [0.3, 0.4) is 0 Å². The lowest BCUT2D eigenvalue weighted by molar-refractivity contribution is -0.138. The molecule has 0 radical (unpaired) electrons. The van der Waals surface area contributed by atoms with E-state index in [2.05, 4.69) is 6.58 Å². The van der Waals surface area contributed by atoms with E-state index < -0.39 is 5.97 Å². The second-order valence-corrected chi connectivity index (χ2v) is 5.57. The van der Waals surface area contributed by atoms with Gasteiger partial charge in [-0.15, -0.1) is 0 Å². The van der Waals surface area contributed by atoms with Crippen LogP contribution in [0, 0.1) is 0 Å². The van der Waals surface area contributed by atoms with Crippen LogP contribution in [0.2, 0.25) is 0 Å². The molecule has 1 aliphatic carbocycles. The summed E-state index contributed by atoms with van der Waals surface area (Å²) in [6.07, 6.45) is 13.5. The van der Waals surface area contributed by atoms with Crippen molar-refractivity contribution in [3.63, 3.8) is 0 Å². The molecule has 1 unspecified atom stereocenters. The van der Waals surface area contributed by atoms with Crippen LogP contribution in [0.1, 0.15) is 39.0 Å². The first kappa shape index (κ1) is 17.5. The van der Waals surface area contributed by atoms with Gasteiger partial charge in [0.2, 0.25) is 0 Å². The number of rotatable bonds is 9. The SMILES string of the molecule is C=C/C=C(\C/C=C\C(C)N(C)CC(=O)O)OC1CCCC1. The molecule has 0 spiro atoms. The van der Waals surface area contributed by atoms with Gasteiger partial charge < -0.3 is 9.84 Å². The number of carbonyl (C=O) groups is 1. The molecule has 1 saturated carbocycles. The number of carboxylic acid groups (broad SMARTS) is 1. The van der Waals surface area contributed by atoms with Gasteiger partial charge in [0.05, 0.1) is 12.6 Å². The topological polar surface area (TPSA) is 49.8 Å². The quantitative estimate of drug-likeness (QED) is 0.402. The van der Waals surface area contributed by atoms with E-state index in [1.807, 2.05) is 25.2 Å². The molecule has 0 aromatic rings. The van der Waals surface area contributed by atoms with E-state index in [4.69, 9.17) is 9.84 Å². The molecule has 0 saturated heterocycles. The summed E-state index contributed by atoms with van der Waals surface area (Å²) in [7, 11) is 1.80. The first-order chi connectivity index (χ1) is 10.0. The summed E-state index contributed by atoms with van der Waals surface area (Å²) in [5, 5.41) is 8.77. The van der Waals surface area contributed by atoms with Crippen molar-refractivity contribution in [1.82, 2.24) is 4.90 Å². The first-order valence-corrected chi connectivity index (χ1v) is 7.60. The van der Waals surface area contributed by atoms with E-state index in [1.165, 1.54) is 12.8 Å². The minimum atomic E-state index is -0.811. The summed E-state index contributed by atoms with van der Waals surface area (Å²) in [6.45, 7) is 5.75. The molecule has 0 heterocycles. The van der Waals surface area contributed by atoms with Gasteiger partial charge in [-0.3, -0.25) is 9.69 Å². The molecular formula is C17H27NO3. The van der Waals surface area contributed by atoms with Crippen LogP contribution in [0.25, 0.3) is 0 Å². The molecule has 1 fully saturated rings. The number of carboxylic acids is 1. The van der Waals surface area contributed by atoms with Gasteiger partial charge >= 0.3 is 5.97 Å². The fraction of sp³-hybridized carbons (Fsp3) is 0.588. The van der Waals surface area contributed by atoms with Gasteiger partial charge in [0, 0.05) is 12.5 Å². The maximum atomic E-state index is 10.7. The second kappa shape index (κ2) is 9.40. The van der Waals surface area contributed by atoms with Crippen molar-refractivity contribution in [2.24, 2.45) is 0 Å². The van der Waals surface area contributed by atoms with Gasteiger partial charge in [-0.1, -0.05) is 24.8 Å². The Morgan fingerprint density at radius 1 is 1.48 bits per heavy atom. The number of nitrogens with zero attached hydrogens (tertiary/aromatic N) is 1. The highest BCUT2D eigenvalue weighted by atomic mass is 16.5. The summed E-state index contributed by atoms with van der Waals surface area (Å²) in [6, 6.07) is 0.0811. The molecule has 1 N–H and O–H groups in total. The molecule has 1 rings (SSSR count). The summed E-state index contributed by atoms with van der Waals surface area (Å²) in [4.78, 5) is 12.5. The number of aliphatic carboxylic acids is 1. The van der Waals surface area contributed by atoms with Crippen molar-refractivity contribution in [3.05, 3.63) is 36.6 Å². The molecular weight excluding hydrogens is 266 g/mol. The minimum absolute atomic E-state index is 0.0411. The van der Waals surface area contributed by atoms with Crippen molar-refractivity contribution in [2.45, 2.75) is 51.2 Å². The molecule has 4 nitrogen and oxygen atoms in total. The summed E-state index contributed by atoms with van der Waals surface area (Å²) >= 11 is 0. The molecule has 0 aromatic carbocycles. The van der Waals surface area contributed by atoms with Crippen LogP contribution in [-0.2, 0) is 9.53 Å². The van der Waals surface area contributed by atoms with Crippen LogP contribution >= 0.6 is 0 Å². The monoisotopic (exact) mass is 293 g/mol. The van der Waals surface area contributed by atoms with E-state index in [1.54, 1.807) is 18.0 Å². The van der Waals surface area contributed by atoms with Crippen LogP contribution in [0.5, 0.6) is 0 Å². The largest absolute Gasteiger partial charge is 0.494 e. The molecule has 0 bridgehead atoms.